The van der Waals surface area contributed by atoms with E-state index in [4.69, 9.17) is 15.2 Å². The van der Waals surface area contributed by atoms with Gasteiger partial charge in [0.2, 0.25) is 0 Å². The van der Waals surface area contributed by atoms with Gasteiger partial charge < -0.3 is 15.2 Å². The fraction of sp³-hybridized carbons (Fsp3) is 0.643. The standard InChI is InChI=1S/C14H25N3O2/c1-5-17(10-12-6-8-16-9-7-12)14(2,11-15)13(18-3)19-4/h6-9,13H,5,10-11,15H2,1-4H3. The highest BCUT2D eigenvalue weighted by atomic mass is 16.7. The van der Waals surface area contributed by atoms with Gasteiger partial charge in [-0.2, -0.15) is 0 Å². The number of aromatic nitrogens is 1. The largest absolute Gasteiger partial charge is 0.354 e. The van der Waals surface area contributed by atoms with Crippen molar-refractivity contribution in [2.75, 3.05) is 27.3 Å². The molecule has 0 amide bonds. The van der Waals surface area contributed by atoms with Gasteiger partial charge in [0.25, 0.3) is 0 Å². The number of nitrogens with two attached hydrogens (primary N) is 1. The van der Waals surface area contributed by atoms with E-state index in [9.17, 15) is 0 Å². The number of ether oxygens (including phenoxy) is 2. The van der Waals surface area contributed by atoms with Crippen LogP contribution < -0.4 is 5.73 Å². The monoisotopic (exact) mass is 267 g/mol. The Labute approximate surface area is 115 Å². The topological polar surface area (TPSA) is 60.6 Å². The minimum absolute atomic E-state index is 0.362. The summed E-state index contributed by atoms with van der Waals surface area (Å²) in [6.45, 7) is 6.28. The molecule has 5 nitrogen and oxygen atoms in total. The second-order valence-electron chi connectivity index (χ2n) is 4.73. The van der Waals surface area contributed by atoms with Gasteiger partial charge in [-0.3, -0.25) is 9.88 Å². The molecule has 0 aliphatic rings. The summed E-state index contributed by atoms with van der Waals surface area (Å²) in [4.78, 5) is 6.30. The Morgan fingerprint density at radius 1 is 1.32 bits per heavy atom. The summed E-state index contributed by atoms with van der Waals surface area (Å²) in [7, 11) is 3.28. The molecule has 1 heterocycles. The van der Waals surface area contributed by atoms with Crippen molar-refractivity contribution in [3.8, 4) is 0 Å². The van der Waals surface area contributed by atoms with Crippen molar-refractivity contribution in [3.63, 3.8) is 0 Å². The molecule has 1 atom stereocenters. The minimum atomic E-state index is -0.373. The van der Waals surface area contributed by atoms with Crippen LogP contribution in [0.2, 0.25) is 0 Å². The molecule has 108 valence electrons. The highest BCUT2D eigenvalue weighted by Gasteiger charge is 2.38. The van der Waals surface area contributed by atoms with Gasteiger partial charge in [0.15, 0.2) is 6.29 Å². The summed E-state index contributed by atoms with van der Waals surface area (Å²) >= 11 is 0. The maximum Gasteiger partial charge on any atom is 0.176 e. The number of pyridine rings is 1. The van der Waals surface area contributed by atoms with Crippen LogP contribution in [-0.2, 0) is 16.0 Å². The highest BCUT2D eigenvalue weighted by Crippen LogP contribution is 2.23. The van der Waals surface area contributed by atoms with Crippen molar-refractivity contribution in [1.29, 1.82) is 0 Å². The second-order valence-corrected chi connectivity index (χ2v) is 4.73. The molecular weight excluding hydrogens is 242 g/mol. The summed E-state index contributed by atoms with van der Waals surface area (Å²) in [5, 5.41) is 0. The Balaban J connectivity index is 2.92. The summed E-state index contributed by atoms with van der Waals surface area (Å²) in [5.41, 5.74) is 6.80. The van der Waals surface area contributed by atoms with Gasteiger partial charge in [-0.15, -0.1) is 0 Å². The quantitative estimate of drug-likeness (QED) is 0.718. The first-order valence-electron chi connectivity index (χ1n) is 6.52. The average molecular weight is 267 g/mol. The van der Waals surface area contributed by atoms with E-state index in [-0.39, 0.29) is 11.8 Å². The van der Waals surface area contributed by atoms with E-state index >= 15 is 0 Å². The molecule has 0 spiro atoms. The average Bonchev–Trinajstić information content (AvgIpc) is 2.46. The minimum Gasteiger partial charge on any atom is -0.354 e. The summed E-state index contributed by atoms with van der Waals surface area (Å²) in [6.07, 6.45) is 3.24. The first kappa shape index (κ1) is 16.0. The first-order valence-corrected chi connectivity index (χ1v) is 6.52. The Hall–Kier alpha value is -1.01. The van der Waals surface area contributed by atoms with Crippen LogP contribution in [-0.4, -0.2) is 49.0 Å². The van der Waals surface area contributed by atoms with Gasteiger partial charge in [0, 0.05) is 39.7 Å². The van der Waals surface area contributed by atoms with E-state index < -0.39 is 0 Å². The number of hydrogen-bond donors (Lipinski definition) is 1. The maximum atomic E-state index is 5.98. The fourth-order valence-corrected chi connectivity index (χ4v) is 2.34. The zero-order valence-electron chi connectivity index (χ0n) is 12.3. The van der Waals surface area contributed by atoms with Gasteiger partial charge in [0.1, 0.15) is 0 Å². The number of hydrogen-bond acceptors (Lipinski definition) is 5. The third-order valence-electron chi connectivity index (χ3n) is 3.58. The SMILES string of the molecule is CCN(Cc1ccncc1)C(C)(CN)C(OC)OC. The van der Waals surface area contributed by atoms with Crippen LogP contribution in [0.1, 0.15) is 19.4 Å². The van der Waals surface area contributed by atoms with E-state index in [0.717, 1.165) is 13.1 Å². The van der Waals surface area contributed by atoms with Crippen LogP contribution in [0.25, 0.3) is 0 Å². The van der Waals surface area contributed by atoms with Gasteiger partial charge in [-0.1, -0.05) is 6.92 Å². The molecule has 1 unspecified atom stereocenters. The molecule has 1 aromatic rings. The second kappa shape index (κ2) is 7.55. The number of nitrogens with zero attached hydrogens (tertiary/aromatic N) is 2. The van der Waals surface area contributed by atoms with Crippen LogP contribution in [0, 0.1) is 0 Å². The highest BCUT2D eigenvalue weighted by molar-refractivity contribution is 5.10. The molecule has 0 fully saturated rings. The molecule has 1 rings (SSSR count). The molecule has 2 N–H and O–H groups in total. The summed E-state index contributed by atoms with van der Waals surface area (Å²) < 4.78 is 10.8. The van der Waals surface area contributed by atoms with Gasteiger partial charge in [0.05, 0.1) is 5.54 Å². The lowest BCUT2D eigenvalue weighted by atomic mass is 9.98. The molecule has 0 saturated heterocycles. The van der Waals surface area contributed by atoms with Crippen molar-refractivity contribution in [2.24, 2.45) is 5.73 Å². The Kier molecular flexibility index (Phi) is 6.37. The molecule has 0 saturated carbocycles. The molecular formula is C14H25N3O2. The molecule has 1 aromatic heterocycles. The van der Waals surface area contributed by atoms with Crippen molar-refractivity contribution < 1.29 is 9.47 Å². The van der Waals surface area contributed by atoms with Crippen molar-refractivity contribution in [1.82, 2.24) is 9.88 Å². The van der Waals surface area contributed by atoms with Crippen LogP contribution >= 0.6 is 0 Å². The Morgan fingerprint density at radius 3 is 2.32 bits per heavy atom. The zero-order valence-corrected chi connectivity index (χ0v) is 12.3. The molecule has 5 heteroatoms. The molecule has 0 radical (unpaired) electrons. The lowest BCUT2D eigenvalue weighted by Crippen LogP contribution is -2.60. The van der Waals surface area contributed by atoms with E-state index in [1.807, 2.05) is 12.1 Å². The fourth-order valence-electron chi connectivity index (χ4n) is 2.34. The molecule has 0 aliphatic heterocycles. The van der Waals surface area contributed by atoms with Crippen LogP contribution in [0.15, 0.2) is 24.5 Å². The van der Waals surface area contributed by atoms with Crippen LogP contribution in [0.5, 0.6) is 0 Å². The van der Waals surface area contributed by atoms with E-state index in [1.54, 1.807) is 26.6 Å². The van der Waals surface area contributed by atoms with Crippen molar-refractivity contribution in [3.05, 3.63) is 30.1 Å². The van der Waals surface area contributed by atoms with E-state index in [0.29, 0.717) is 6.54 Å². The third kappa shape index (κ3) is 3.73. The molecule has 0 bridgehead atoms. The summed E-state index contributed by atoms with van der Waals surface area (Å²) in [5.74, 6) is 0. The predicted molar refractivity (Wildman–Crippen MR) is 75.6 cm³/mol. The molecule has 0 aromatic carbocycles. The van der Waals surface area contributed by atoms with Crippen molar-refractivity contribution >= 4 is 0 Å². The number of likely N-dealkylation sites (N-methyl/N-ethyl adjacent to an activating group) is 1. The van der Waals surface area contributed by atoms with Gasteiger partial charge in [-0.25, -0.2) is 0 Å². The number of methoxy groups -OCH3 is 2. The predicted octanol–water partition coefficient (Wildman–Crippen LogP) is 1.24. The van der Waals surface area contributed by atoms with Crippen LogP contribution in [0.4, 0.5) is 0 Å². The maximum absolute atomic E-state index is 5.98. The Bertz CT molecular complexity index is 357. The van der Waals surface area contributed by atoms with Crippen molar-refractivity contribution in [2.45, 2.75) is 32.2 Å². The molecule has 19 heavy (non-hydrogen) atoms. The Morgan fingerprint density at radius 2 is 1.89 bits per heavy atom. The number of rotatable bonds is 8. The third-order valence-corrected chi connectivity index (χ3v) is 3.58. The zero-order chi connectivity index (χ0) is 14.3. The molecule has 0 aliphatic carbocycles. The normalized spacial score (nSPS) is 14.9. The lowest BCUT2D eigenvalue weighted by Gasteiger charge is -2.43. The van der Waals surface area contributed by atoms with E-state index in [2.05, 4.69) is 23.7 Å². The lowest BCUT2D eigenvalue weighted by molar-refractivity contribution is -0.182. The van der Waals surface area contributed by atoms with E-state index in [1.165, 1.54) is 5.56 Å². The summed E-state index contributed by atoms with van der Waals surface area (Å²) in [6, 6.07) is 4.02. The van der Waals surface area contributed by atoms with Crippen LogP contribution in [0.3, 0.4) is 0 Å². The smallest absolute Gasteiger partial charge is 0.176 e. The van der Waals surface area contributed by atoms with Gasteiger partial charge in [-0.05, 0) is 31.2 Å². The van der Waals surface area contributed by atoms with Gasteiger partial charge >= 0.3 is 0 Å². The first-order chi connectivity index (χ1) is 9.12.